The van der Waals surface area contributed by atoms with Crippen LogP contribution in [-0.2, 0) is 17.6 Å². The first-order chi connectivity index (χ1) is 13.2. The first kappa shape index (κ1) is 21.2. The summed E-state index contributed by atoms with van der Waals surface area (Å²) in [7, 11) is 0. The molecule has 0 saturated heterocycles. The van der Waals surface area contributed by atoms with Gasteiger partial charge in [-0.15, -0.1) is 0 Å². The number of benzene rings is 2. The summed E-state index contributed by atoms with van der Waals surface area (Å²) in [4.78, 5) is 13.2. The molecule has 0 fully saturated rings. The van der Waals surface area contributed by atoms with E-state index < -0.39 is 0 Å². The van der Waals surface area contributed by atoms with Gasteiger partial charge in [0.25, 0.3) is 0 Å². The summed E-state index contributed by atoms with van der Waals surface area (Å²) in [6, 6.07) is 20.8. The van der Waals surface area contributed by atoms with E-state index in [9.17, 15) is 4.79 Å². The standard InChI is InChI=1S/C26H34O/c1-3-5-17-24(18-6-4-2)25(21-23-15-11-8-12-16-23)26(27)20-19-22-13-9-7-10-14-22/h7-16H,3-6,17-21H2,1-2H3. The van der Waals surface area contributed by atoms with Crippen molar-refractivity contribution in [3.05, 3.63) is 82.9 Å². The molecule has 0 aliphatic rings. The molecule has 0 aliphatic heterocycles. The lowest BCUT2D eigenvalue weighted by atomic mass is 9.88. The summed E-state index contributed by atoms with van der Waals surface area (Å²) in [5.41, 5.74) is 4.97. The van der Waals surface area contributed by atoms with Crippen LogP contribution in [0, 0.1) is 0 Å². The van der Waals surface area contributed by atoms with E-state index in [4.69, 9.17) is 0 Å². The van der Waals surface area contributed by atoms with Crippen LogP contribution in [0.5, 0.6) is 0 Å². The Morgan fingerprint density at radius 1 is 0.704 bits per heavy atom. The highest BCUT2D eigenvalue weighted by Crippen LogP contribution is 2.24. The van der Waals surface area contributed by atoms with Crippen molar-refractivity contribution in [2.75, 3.05) is 0 Å². The molecule has 2 aromatic carbocycles. The first-order valence-electron chi connectivity index (χ1n) is 10.6. The Balaban J connectivity index is 2.22. The minimum absolute atomic E-state index is 0.338. The number of Topliss-reactive ketones (excluding diaryl/α,β-unsaturated/α-hetero) is 1. The number of carbonyl (C=O) groups excluding carboxylic acids is 1. The third-order valence-electron chi connectivity index (χ3n) is 5.13. The van der Waals surface area contributed by atoms with Crippen LogP contribution in [0.4, 0.5) is 0 Å². The average molecular weight is 363 g/mol. The molecule has 0 bridgehead atoms. The molecule has 0 aromatic heterocycles. The van der Waals surface area contributed by atoms with Crippen molar-refractivity contribution in [3.8, 4) is 0 Å². The van der Waals surface area contributed by atoms with Gasteiger partial charge >= 0.3 is 0 Å². The van der Waals surface area contributed by atoms with Crippen LogP contribution in [0.3, 0.4) is 0 Å². The summed E-state index contributed by atoms with van der Waals surface area (Å²) in [5.74, 6) is 0.338. The Labute approximate surface area is 165 Å². The van der Waals surface area contributed by atoms with Crippen molar-refractivity contribution in [2.24, 2.45) is 0 Å². The Bertz CT molecular complexity index is 688. The van der Waals surface area contributed by atoms with E-state index >= 15 is 0 Å². The van der Waals surface area contributed by atoms with Crippen LogP contribution >= 0.6 is 0 Å². The zero-order valence-electron chi connectivity index (χ0n) is 17.0. The van der Waals surface area contributed by atoms with Crippen LogP contribution in [0.1, 0.15) is 69.9 Å². The summed E-state index contributed by atoms with van der Waals surface area (Å²) in [6.45, 7) is 4.46. The van der Waals surface area contributed by atoms with Gasteiger partial charge in [-0.1, -0.05) is 92.9 Å². The van der Waals surface area contributed by atoms with Gasteiger partial charge in [0.2, 0.25) is 0 Å². The van der Waals surface area contributed by atoms with Crippen molar-refractivity contribution < 1.29 is 4.79 Å². The number of rotatable bonds is 12. The summed E-state index contributed by atoms with van der Waals surface area (Å²) < 4.78 is 0. The minimum Gasteiger partial charge on any atom is -0.295 e. The van der Waals surface area contributed by atoms with Gasteiger partial charge in [0.05, 0.1) is 0 Å². The topological polar surface area (TPSA) is 17.1 Å². The van der Waals surface area contributed by atoms with Crippen molar-refractivity contribution in [1.82, 2.24) is 0 Å². The molecule has 0 atom stereocenters. The predicted molar refractivity (Wildman–Crippen MR) is 116 cm³/mol. The van der Waals surface area contributed by atoms with Crippen LogP contribution in [-0.4, -0.2) is 5.78 Å². The van der Waals surface area contributed by atoms with Gasteiger partial charge in [-0.25, -0.2) is 0 Å². The quantitative estimate of drug-likeness (QED) is 0.368. The van der Waals surface area contributed by atoms with E-state index in [2.05, 4.69) is 62.4 Å². The van der Waals surface area contributed by atoms with Crippen molar-refractivity contribution in [3.63, 3.8) is 0 Å². The van der Waals surface area contributed by atoms with E-state index in [0.29, 0.717) is 12.2 Å². The number of carbonyl (C=O) groups is 1. The Morgan fingerprint density at radius 3 is 1.74 bits per heavy atom. The number of unbranched alkanes of at least 4 members (excludes halogenated alkanes) is 2. The molecule has 2 aromatic rings. The normalized spacial score (nSPS) is 10.6. The summed E-state index contributed by atoms with van der Waals surface area (Å²) in [6.07, 6.45) is 9.02. The molecule has 0 heterocycles. The number of hydrogen-bond acceptors (Lipinski definition) is 1. The highest BCUT2D eigenvalue weighted by Gasteiger charge is 2.16. The average Bonchev–Trinajstić information content (AvgIpc) is 2.72. The fourth-order valence-corrected chi connectivity index (χ4v) is 3.48. The zero-order valence-corrected chi connectivity index (χ0v) is 17.0. The molecule has 0 unspecified atom stereocenters. The number of aryl methyl sites for hydroxylation is 1. The third-order valence-corrected chi connectivity index (χ3v) is 5.13. The third kappa shape index (κ3) is 7.54. The van der Waals surface area contributed by atoms with Gasteiger partial charge in [-0.05, 0) is 48.8 Å². The van der Waals surface area contributed by atoms with Crippen LogP contribution in [0.15, 0.2) is 71.8 Å². The molecular formula is C26H34O. The van der Waals surface area contributed by atoms with Gasteiger partial charge in [-0.2, -0.15) is 0 Å². The molecule has 1 heteroatoms. The van der Waals surface area contributed by atoms with Gasteiger partial charge in [0.1, 0.15) is 0 Å². The Hall–Kier alpha value is -2.15. The van der Waals surface area contributed by atoms with Crippen molar-refractivity contribution in [2.45, 2.75) is 71.6 Å². The van der Waals surface area contributed by atoms with E-state index in [0.717, 1.165) is 31.3 Å². The SMILES string of the molecule is CCCCC(CCCC)=C(Cc1ccccc1)C(=O)CCc1ccccc1. The highest BCUT2D eigenvalue weighted by molar-refractivity contribution is 5.96. The summed E-state index contributed by atoms with van der Waals surface area (Å²) >= 11 is 0. The Kier molecular flexibility index (Phi) is 9.62. The predicted octanol–water partition coefficient (Wildman–Crippen LogP) is 7.11. The molecule has 144 valence electrons. The van der Waals surface area contributed by atoms with Crippen LogP contribution in [0.2, 0.25) is 0 Å². The highest BCUT2D eigenvalue weighted by atomic mass is 16.1. The molecule has 2 rings (SSSR count). The Morgan fingerprint density at radius 2 is 1.22 bits per heavy atom. The molecule has 0 saturated carbocycles. The van der Waals surface area contributed by atoms with E-state index in [-0.39, 0.29) is 0 Å². The van der Waals surface area contributed by atoms with Crippen molar-refractivity contribution >= 4 is 5.78 Å². The molecule has 27 heavy (non-hydrogen) atoms. The zero-order chi connectivity index (χ0) is 19.3. The molecular weight excluding hydrogens is 328 g/mol. The van der Waals surface area contributed by atoms with Gasteiger partial charge in [0, 0.05) is 12.8 Å². The van der Waals surface area contributed by atoms with Gasteiger partial charge < -0.3 is 0 Å². The maximum atomic E-state index is 13.2. The lowest BCUT2D eigenvalue weighted by molar-refractivity contribution is -0.115. The van der Waals surface area contributed by atoms with E-state index in [1.54, 1.807) is 0 Å². The first-order valence-corrected chi connectivity index (χ1v) is 10.6. The second kappa shape index (κ2) is 12.3. The van der Waals surface area contributed by atoms with Gasteiger partial charge in [0.15, 0.2) is 5.78 Å². The smallest absolute Gasteiger partial charge is 0.159 e. The van der Waals surface area contributed by atoms with Crippen molar-refractivity contribution in [1.29, 1.82) is 0 Å². The lowest BCUT2D eigenvalue weighted by Crippen LogP contribution is -2.11. The minimum atomic E-state index is 0.338. The largest absolute Gasteiger partial charge is 0.295 e. The maximum absolute atomic E-state index is 13.2. The molecule has 0 aliphatic carbocycles. The molecule has 0 amide bonds. The number of allylic oxidation sites excluding steroid dienone is 2. The fraction of sp³-hybridized carbons (Fsp3) is 0.423. The molecule has 0 radical (unpaired) electrons. The number of ketones is 1. The molecule has 0 N–H and O–H groups in total. The van der Waals surface area contributed by atoms with Crippen LogP contribution < -0.4 is 0 Å². The molecule has 0 spiro atoms. The van der Waals surface area contributed by atoms with Gasteiger partial charge in [-0.3, -0.25) is 4.79 Å². The lowest BCUT2D eigenvalue weighted by Gasteiger charge is -2.16. The summed E-state index contributed by atoms with van der Waals surface area (Å²) in [5, 5.41) is 0. The molecule has 1 nitrogen and oxygen atoms in total. The monoisotopic (exact) mass is 362 g/mol. The van der Waals surface area contributed by atoms with E-state index in [1.165, 1.54) is 42.4 Å². The fourth-order valence-electron chi connectivity index (χ4n) is 3.48. The second-order valence-electron chi connectivity index (χ2n) is 7.36. The maximum Gasteiger partial charge on any atom is 0.159 e. The van der Waals surface area contributed by atoms with E-state index in [1.807, 2.05) is 12.1 Å². The second-order valence-corrected chi connectivity index (χ2v) is 7.36. The van der Waals surface area contributed by atoms with Crippen LogP contribution in [0.25, 0.3) is 0 Å². The number of hydrogen-bond donors (Lipinski definition) is 0.